The molecule has 2 aromatic heterocycles. The van der Waals surface area contributed by atoms with Crippen LogP contribution in [0.25, 0.3) is 22.6 Å². The second-order valence-electron chi connectivity index (χ2n) is 7.46. The number of aryl methyl sites for hydroxylation is 2. The third kappa shape index (κ3) is 6.54. The van der Waals surface area contributed by atoms with Gasteiger partial charge in [-0.3, -0.25) is 4.68 Å². The Morgan fingerprint density at radius 3 is 2.79 bits per heavy atom. The summed E-state index contributed by atoms with van der Waals surface area (Å²) in [7, 11) is 0. The first-order valence-corrected chi connectivity index (χ1v) is 10.7. The van der Waals surface area contributed by atoms with Crippen LogP contribution >= 0.6 is 0 Å². The van der Waals surface area contributed by atoms with E-state index in [1.165, 1.54) is 36.1 Å². The average molecular weight is 459 g/mol. The van der Waals surface area contributed by atoms with Crippen molar-refractivity contribution in [2.75, 3.05) is 0 Å². The highest BCUT2D eigenvalue weighted by atomic mass is 19.1. The summed E-state index contributed by atoms with van der Waals surface area (Å²) in [6, 6.07) is 12.2. The molecule has 2 heterocycles. The molecule has 0 aliphatic carbocycles. The minimum absolute atomic E-state index is 0.212. The van der Waals surface area contributed by atoms with Crippen LogP contribution in [-0.4, -0.2) is 20.0 Å². The molecule has 34 heavy (non-hydrogen) atoms. The number of ether oxygens (including phenoxy) is 1. The quantitative estimate of drug-likeness (QED) is 0.116. The van der Waals surface area contributed by atoms with Crippen LogP contribution in [0.2, 0.25) is 0 Å². The highest BCUT2D eigenvalue weighted by molar-refractivity contribution is 5.67. The van der Waals surface area contributed by atoms with Crippen LogP contribution < -0.4 is 4.74 Å². The summed E-state index contributed by atoms with van der Waals surface area (Å²) in [5.41, 5.74) is 10.8. The summed E-state index contributed by atoms with van der Waals surface area (Å²) >= 11 is 0. The normalized spacial score (nSPS) is 11.0. The molecule has 10 heteroatoms. The number of oxazole rings is 1. The standard InChI is InChI=1S/C24H22FN7O2/c25-23-15-20(29-30-26)8-6-19(23)7-11-24-28-21(17-34-24)16-33-22-9-4-18(5-10-22)3-1-2-13-32-14-12-27-31-32/h4-12,14-15,17H,1-3,13,16H2. The lowest BCUT2D eigenvalue weighted by Gasteiger charge is -2.06. The first-order chi connectivity index (χ1) is 16.7. The Morgan fingerprint density at radius 2 is 2.03 bits per heavy atom. The van der Waals surface area contributed by atoms with Gasteiger partial charge < -0.3 is 9.15 Å². The van der Waals surface area contributed by atoms with E-state index in [0.29, 0.717) is 17.1 Å². The molecule has 0 saturated carbocycles. The topological polar surface area (TPSA) is 115 Å². The SMILES string of the molecule is [N-]=[N+]=Nc1ccc(C=Cc2nc(COc3ccc(CCCCn4ccnn4)cc3)co2)c(F)c1. The summed E-state index contributed by atoms with van der Waals surface area (Å²) < 4.78 is 27.1. The summed E-state index contributed by atoms with van der Waals surface area (Å²) in [5, 5.41) is 11.1. The summed E-state index contributed by atoms with van der Waals surface area (Å²) in [6.07, 6.45) is 11.3. The number of nitrogens with zero attached hydrogens (tertiary/aromatic N) is 7. The fourth-order valence-electron chi connectivity index (χ4n) is 3.26. The second-order valence-corrected chi connectivity index (χ2v) is 7.46. The number of hydrogen-bond donors (Lipinski definition) is 0. The Balaban J connectivity index is 1.23. The van der Waals surface area contributed by atoms with E-state index in [4.69, 9.17) is 14.7 Å². The lowest BCUT2D eigenvalue weighted by atomic mass is 10.1. The van der Waals surface area contributed by atoms with Crippen LogP contribution in [0.3, 0.4) is 0 Å². The highest BCUT2D eigenvalue weighted by Gasteiger charge is 2.05. The van der Waals surface area contributed by atoms with Crippen LogP contribution in [0, 0.1) is 5.82 Å². The van der Waals surface area contributed by atoms with Crippen molar-refractivity contribution in [2.45, 2.75) is 32.4 Å². The van der Waals surface area contributed by atoms with Crippen molar-refractivity contribution in [1.82, 2.24) is 20.0 Å². The maximum Gasteiger partial charge on any atom is 0.218 e. The molecule has 4 rings (SSSR count). The predicted molar refractivity (Wildman–Crippen MR) is 124 cm³/mol. The van der Waals surface area contributed by atoms with Crippen molar-refractivity contribution in [3.8, 4) is 5.75 Å². The molecule has 0 unspecified atom stereocenters. The molecule has 0 fully saturated rings. The molecule has 0 saturated heterocycles. The molecular formula is C24H22FN7O2. The molecule has 0 spiro atoms. The van der Waals surface area contributed by atoms with Gasteiger partial charge >= 0.3 is 0 Å². The van der Waals surface area contributed by atoms with Crippen molar-refractivity contribution in [3.63, 3.8) is 0 Å². The van der Waals surface area contributed by atoms with E-state index in [2.05, 4.69) is 37.5 Å². The minimum Gasteiger partial charge on any atom is -0.487 e. The zero-order valence-corrected chi connectivity index (χ0v) is 18.3. The number of rotatable bonds is 11. The number of hydrogen-bond acceptors (Lipinski definition) is 6. The fourth-order valence-corrected chi connectivity index (χ4v) is 3.26. The van der Waals surface area contributed by atoms with E-state index in [1.807, 2.05) is 23.0 Å². The van der Waals surface area contributed by atoms with Crippen molar-refractivity contribution < 1.29 is 13.5 Å². The number of azide groups is 1. The van der Waals surface area contributed by atoms with Crippen molar-refractivity contribution in [2.24, 2.45) is 5.11 Å². The van der Waals surface area contributed by atoms with Gasteiger partial charge in [-0.2, -0.15) is 0 Å². The van der Waals surface area contributed by atoms with Gasteiger partial charge in [0.2, 0.25) is 5.89 Å². The Labute approximate surface area is 195 Å². The van der Waals surface area contributed by atoms with Crippen LogP contribution in [0.15, 0.2) is 70.7 Å². The Kier molecular flexibility index (Phi) is 7.66. The van der Waals surface area contributed by atoms with Gasteiger partial charge in [-0.05, 0) is 54.6 Å². The zero-order chi connectivity index (χ0) is 23.6. The third-order valence-corrected chi connectivity index (χ3v) is 5.00. The molecule has 0 atom stereocenters. The summed E-state index contributed by atoms with van der Waals surface area (Å²) in [6.45, 7) is 1.12. The van der Waals surface area contributed by atoms with Gasteiger partial charge in [0, 0.05) is 35.0 Å². The molecule has 9 nitrogen and oxygen atoms in total. The largest absolute Gasteiger partial charge is 0.487 e. The van der Waals surface area contributed by atoms with Gasteiger partial charge in [-0.25, -0.2) is 9.37 Å². The predicted octanol–water partition coefficient (Wildman–Crippen LogP) is 6.12. The Bertz CT molecular complexity index is 1280. The summed E-state index contributed by atoms with van der Waals surface area (Å²) in [4.78, 5) is 6.97. The summed E-state index contributed by atoms with van der Waals surface area (Å²) in [5.74, 6) is 0.571. The van der Waals surface area contributed by atoms with Crippen LogP contribution in [0.4, 0.5) is 10.1 Å². The van der Waals surface area contributed by atoms with E-state index < -0.39 is 5.82 Å². The van der Waals surface area contributed by atoms with Crippen molar-refractivity contribution in [1.29, 1.82) is 0 Å². The van der Waals surface area contributed by atoms with Gasteiger partial charge in [-0.15, -0.1) is 5.10 Å². The molecule has 0 N–H and O–H groups in total. The monoisotopic (exact) mass is 459 g/mol. The number of benzene rings is 2. The van der Waals surface area contributed by atoms with Crippen LogP contribution in [-0.2, 0) is 19.6 Å². The van der Waals surface area contributed by atoms with Gasteiger partial charge in [0.1, 0.15) is 30.1 Å². The lowest BCUT2D eigenvalue weighted by molar-refractivity contribution is 0.301. The minimum atomic E-state index is -0.505. The number of unbranched alkanes of at least 4 members (excludes halogenated alkanes) is 1. The van der Waals surface area contributed by atoms with E-state index in [1.54, 1.807) is 12.3 Å². The number of halogens is 1. The Hall–Kier alpha value is -4.43. The molecule has 0 bridgehead atoms. The molecular weight excluding hydrogens is 437 g/mol. The van der Waals surface area contributed by atoms with E-state index in [-0.39, 0.29) is 12.3 Å². The first kappa shape index (κ1) is 22.8. The average Bonchev–Trinajstić information content (AvgIpc) is 3.53. The van der Waals surface area contributed by atoms with Gasteiger partial charge in [0.05, 0.1) is 6.20 Å². The second kappa shape index (κ2) is 11.4. The van der Waals surface area contributed by atoms with E-state index in [0.717, 1.165) is 31.6 Å². The van der Waals surface area contributed by atoms with E-state index in [9.17, 15) is 4.39 Å². The molecule has 0 radical (unpaired) electrons. The fraction of sp³-hybridized carbons (Fsp3) is 0.208. The Morgan fingerprint density at radius 1 is 1.15 bits per heavy atom. The molecule has 4 aromatic rings. The highest BCUT2D eigenvalue weighted by Crippen LogP contribution is 2.20. The van der Waals surface area contributed by atoms with Gasteiger partial charge in [-0.1, -0.05) is 34.6 Å². The molecule has 0 amide bonds. The van der Waals surface area contributed by atoms with Gasteiger partial charge in [0.15, 0.2) is 0 Å². The molecule has 0 aliphatic rings. The lowest BCUT2D eigenvalue weighted by Crippen LogP contribution is -1.99. The zero-order valence-electron chi connectivity index (χ0n) is 18.3. The maximum absolute atomic E-state index is 14.1. The van der Waals surface area contributed by atoms with E-state index >= 15 is 0 Å². The number of aromatic nitrogens is 4. The molecule has 172 valence electrons. The molecule has 2 aromatic carbocycles. The maximum atomic E-state index is 14.1. The van der Waals surface area contributed by atoms with Crippen LogP contribution in [0.1, 0.15) is 35.6 Å². The van der Waals surface area contributed by atoms with Crippen molar-refractivity contribution in [3.05, 3.63) is 100 Å². The van der Waals surface area contributed by atoms with Gasteiger partial charge in [0.25, 0.3) is 0 Å². The van der Waals surface area contributed by atoms with Crippen LogP contribution in [0.5, 0.6) is 5.75 Å². The third-order valence-electron chi connectivity index (χ3n) is 5.00. The first-order valence-electron chi connectivity index (χ1n) is 10.7. The smallest absolute Gasteiger partial charge is 0.218 e. The van der Waals surface area contributed by atoms with Crippen molar-refractivity contribution >= 4 is 17.8 Å². The molecule has 0 aliphatic heterocycles.